The Labute approximate surface area is 113 Å². The highest BCUT2D eigenvalue weighted by molar-refractivity contribution is 7.13. The molecule has 0 spiro atoms. The zero-order chi connectivity index (χ0) is 13.9. The van der Waals surface area contributed by atoms with Gasteiger partial charge in [-0.3, -0.25) is 0 Å². The highest BCUT2D eigenvalue weighted by Crippen LogP contribution is 2.33. The number of nitrogens with two attached hydrogens (primary N) is 1. The van der Waals surface area contributed by atoms with E-state index in [0.717, 1.165) is 30.7 Å². The molecule has 1 aromatic heterocycles. The van der Waals surface area contributed by atoms with E-state index < -0.39 is 11.7 Å². The first-order valence-electron chi connectivity index (χ1n) is 5.83. The lowest BCUT2D eigenvalue weighted by atomic mass is 10.1. The van der Waals surface area contributed by atoms with Crippen molar-refractivity contribution in [1.29, 1.82) is 0 Å². The Morgan fingerprint density at radius 3 is 2.74 bits per heavy atom. The molecule has 1 heterocycles. The van der Waals surface area contributed by atoms with Crippen molar-refractivity contribution in [1.82, 2.24) is 4.98 Å². The Morgan fingerprint density at radius 1 is 1.26 bits per heavy atom. The molecule has 0 radical (unpaired) electrons. The molecule has 2 aromatic rings. The van der Waals surface area contributed by atoms with Crippen LogP contribution < -0.4 is 5.73 Å². The smallest absolute Gasteiger partial charge is 0.330 e. The second-order valence-electron chi connectivity index (χ2n) is 4.11. The van der Waals surface area contributed by atoms with E-state index in [-0.39, 0.29) is 0 Å². The number of benzene rings is 1. The Kier molecular flexibility index (Phi) is 4.21. The van der Waals surface area contributed by atoms with Crippen molar-refractivity contribution in [2.75, 3.05) is 6.54 Å². The van der Waals surface area contributed by atoms with E-state index in [2.05, 4.69) is 4.98 Å². The molecule has 0 unspecified atom stereocenters. The summed E-state index contributed by atoms with van der Waals surface area (Å²) in [5.41, 5.74) is 6.14. The van der Waals surface area contributed by atoms with Gasteiger partial charge in [-0.05, 0) is 31.5 Å². The van der Waals surface area contributed by atoms with E-state index in [4.69, 9.17) is 5.73 Å². The predicted molar refractivity (Wildman–Crippen MR) is 69.9 cm³/mol. The third-order valence-electron chi connectivity index (χ3n) is 2.63. The summed E-state index contributed by atoms with van der Waals surface area (Å²) in [5.74, 6) is 0. The molecular weight excluding hydrogens is 273 g/mol. The lowest BCUT2D eigenvalue weighted by Crippen LogP contribution is -2.04. The fourth-order valence-corrected chi connectivity index (χ4v) is 2.52. The van der Waals surface area contributed by atoms with E-state index in [1.807, 2.05) is 5.38 Å². The van der Waals surface area contributed by atoms with E-state index in [0.29, 0.717) is 17.1 Å². The van der Waals surface area contributed by atoms with Crippen LogP contribution in [-0.4, -0.2) is 11.5 Å². The van der Waals surface area contributed by atoms with Gasteiger partial charge in [0.05, 0.1) is 11.3 Å². The average Bonchev–Trinajstić information content (AvgIpc) is 2.84. The number of hydrogen-bond acceptors (Lipinski definition) is 3. The maximum absolute atomic E-state index is 12.6. The first-order valence-corrected chi connectivity index (χ1v) is 6.71. The molecule has 0 aliphatic carbocycles. The van der Waals surface area contributed by atoms with Crippen LogP contribution in [0.25, 0.3) is 10.6 Å². The summed E-state index contributed by atoms with van der Waals surface area (Å²) in [6, 6.07) is 5.23. The molecule has 0 saturated carbocycles. The van der Waals surface area contributed by atoms with Crippen molar-refractivity contribution >= 4 is 11.3 Å². The van der Waals surface area contributed by atoms with Gasteiger partial charge in [-0.15, -0.1) is 11.3 Å². The van der Waals surface area contributed by atoms with Crippen LogP contribution in [0.1, 0.15) is 17.7 Å². The van der Waals surface area contributed by atoms with Crippen LogP contribution in [0.5, 0.6) is 0 Å². The van der Waals surface area contributed by atoms with E-state index >= 15 is 0 Å². The number of hydrogen-bond donors (Lipinski definition) is 1. The maximum atomic E-state index is 12.6. The van der Waals surface area contributed by atoms with Gasteiger partial charge in [-0.25, -0.2) is 4.98 Å². The standard InChI is InChI=1S/C13H13F3N2S/c14-13(15,16)10-4-1-3-9(7-10)12-18-11(8-19-12)5-2-6-17/h1,3-4,7-8H,2,5-6,17H2. The first kappa shape index (κ1) is 14.0. The van der Waals surface area contributed by atoms with Crippen molar-refractivity contribution in [3.63, 3.8) is 0 Å². The molecule has 2 rings (SSSR count). The zero-order valence-electron chi connectivity index (χ0n) is 10.1. The van der Waals surface area contributed by atoms with Gasteiger partial charge in [-0.2, -0.15) is 13.2 Å². The fraction of sp³-hybridized carbons (Fsp3) is 0.308. The van der Waals surface area contributed by atoms with Crippen molar-refractivity contribution in [3.05, 3.63) is 40.9 Å². The average molecular weight is 286 g/mol. The van der Waals surface area contributed by atoms with E-state index in [1.165, 1.54) is 17.4 Å². The summed E-state index contributed by atoms with van der Waals surface area (Å²) in [4.78, 5) is 4.34. The number of rotatable bonds is 4. The van der Waals surface area contributed by atoms with E-state index in [1.54, 1.807) is 6.07 Å². The zero-order valence-corrected chi connectivity index (χ0v) is 10.9. The quantitative estimate of drug-likeness (QED) is 0.930. The van der Waals surface area contributed by atoms with Gasteiger partial charge in [0.2, 0.25) is 0 Å². The summed E-state index contributed by atoms with van der Waals surface area (Å²) in [5, 5.41) is 2.48. The molecule has 0 aliphatic heterocycles. The third kappa shape index (κ3) is 3.54. The molecule has 1 aromatic carbocycles. The molecule has 0 atom stereocenters. The largest absolute Gasteiger partial charge is 0.416 e. The SMILES string of the molecule is NCCCc1csc(-c2cccc(C(F)(F)F)c2)n1. The molecular formula is C13H13F3N2S. The summed E-state index contributed by atoms with van der Waals surface area (Å²) in [6.45, 7) is 0.580. The highest BCUT2D eigenvalue weighted by atomic mass is 32.1. The molecule has 19 heavy (non-hydrogen) atoms. The molecule has 0 bridgehead atoms. The minimum Gasteiger partial charge on any atom is -0.330 e. The van der Waals surface area contributed by atoms with Crippen LogP contribution >= 0.6 is 11.3 Å². The van der Waals surface area contributed by atoms with Crippen molar-refractivity contribution in [2.45, 2.75) is 19.0 Å². The number of thiazole rings is 1. The minimum absolute atomic E-state index is 0.499. The molecule has 2 nitrogen and oxygen atoms in total. The first-order chi connectivity index (χ1) is 9.00. The number of aryl methyl sites for hydroxylation is 1. The molecule has 102 valence electrons. The van der Waals surface area contributed by atoms with Crippen molar-refractivity contribution in [2.24, 2.45) is 5.73 Å². The number of nitrogens with zero attached hydrogens (tertiary/aromatic N) is 1. The number of alkyl halides is 3. The second kappa shape index (κ2) is 5.71. The highest BCUT2D eigenvalue weighted by Gasteiger charge is 2.30. The maximum Gasteiger partial charge on any atom is 0.416 e. The summed E-state index contributed by atoms with van der Waals surface area (Å²) >= 11 is 1.35. The monoisotopic (exact) mass is 286 g/mol. The predicted octanol–water partition coefficient (Wildman–Crippen LogP) is 3.72. The van der Waals surface area contributed by atoms with Gasteiger partial charge in [-0.1, -0.05) is 12.1 Å². The van der Waals surface area contributed by atoms with Gasteiger partial charge >= 0.3 is 6.18 Å². The van der Waals surface area contributed by atoms with Gasteiger partial charge in [0.25, 0.3) is 0 Å². The Bertz CT molecular complexity index is 549. The van der Waals surface area contributed by atoms with Gasteiger partial charge in [0.1, 0.15) is 5.01 Å². The minimum atomic E-state index is -4.32. The van der Waals surface area contributed by atoms with Gasteiger partial charge < -0.3 is 5.73 Å². The summed E-state index contributed by atoms with van der Waals surface area (Å²) < 4.78 is 37.9. The van der Waals surface area contributed by atoms with E-state index in [9.17, 15) is 13.2 Å². The molecule has 0 fully saturated rings. The van der Waals surface area contributed by atoms with Crippen molar-refractivity contribution in [3.8, 4) is 10.6 Å². The number of aromatic nitrogens is 1. The van der Waals surface area contributed by atoms with Gasteiger partial charge in [0.15, 0.2) is 0 Å². The Balaban J connectivity index is 2.24. The van der Waals surface area contributed by atoms with Crippen LogP contribution in [0.2, 0.25) is 0 Å². The van der Waals surface area contributed by atoms with Crippen LogP contribution in [0.15, 0.2) is 29.6 Å². The fourth-order valence-electron chi connectivity index (χ4n) is 1.67. The molecule has 0 aliphatic rings. The van der Waals surface area contributed by atoms with Crippen molar-refractivity contribution < 1.29 is 13.2 Å². The molecule has 2 N–H and O–H groups in total. The van der Waals surface area contributed by atoms with Crippen LogP contribution in [0, 0.1) is 0 Å². The normalized spacial score (nSPS) is 11.8. The summed E-state index contributed by atoms with van der Waals surface area (Å²) in [7, 11) is 0. The Morgan fingerprint density at radius 2 is 2.05 bits per heavy atom. The molecule has 6 heteroatoms. The van der Waals surface area contributed by atoms with Gasteiger partial charge in [0, 0.05) is 10.9 Å². The second-order valence-corrected chi connectivity index (χ2v) is 4.97. The van der Waals surface area contributed by atoms with Crippen LogP contribution in [0.3, 0.4) is 0 Å². The molecule has 0 saturated heterocycles. The Hall–Kier alpha value is -1.40. The number of halogens is 3. The summed E-state index contributed by atoms with van der Waals surface area (Å²) in [6.07, 6.45) is -2.74. The lowest BCUT2D eigenvalue weighted by molar-refractivity contribution is -0.137. The van der Waals surface area contributed by atoms with Crippen LogP contribution in [-0.2, 0) is 12.6 Å². The molecule has 0 amide bonds. The van der Waals surface area contributed by atoms with Crippen LogP contribution in [0.4, 0.5) is 13.2 Å². The lowest BCUT2D eigenvalue weighted by Gasteiger charge is -2.07. The third-order valence-corrected chi connectivity index (χ3v) is 3.57. The topological polar surface area (TPSA) is 38.9 Å².